The molecule has 2 aromatic carbocycles. The molecule has 1 heterocycles. The van der Waals surface area contributed by atoms with Crippen LogP contribution < -0.4 is 14.9 Å². The molecule has 0 atom stereocenters. The molecule has 0 aliphatic carbocycles. The molecule has 3 rings (SSSR count). The third kappa shape index (κ3) is 4.13. The second kappa shape index (κ2) is 7.31. The highest BCUT2D eigenvalue weighted by atomic mass is 35.5. The van der Waals surface area contributed by atoms with Crippen LogP contribution in [0.4, 0.5) is 14.5 Å². The van der Waals surface area contributed by atoms with Gasteiger partial charge in [0.1, 0.15) is 16.8 Å². The molecule has 1 amide bonds. The van der Waals surface area contributed by atoms with Crippen LogP contribution >= 0.6 is 11.6 Å². The normalized spacial score (nSPS) is 10.9. The van der Waals surface area contributed by atoms with Gasteiger partial charge in [0, 0.05) is 5.02 Å². The van der Waals surface area contributed by atoms with Crippen molar-refractivity contribution in [3.8, 4) is 5.75 Å². The van der Waals surface area contributed by atoms with Gasteiger partial charge in [-0.2, -0.15) is 8.78 Å². The lowest BCUT2D eigenvalue weighted by Gasteiger charge is -2.11. The maximum Gasteiger partial charge on any atom is 0.387 e. The number of benzene rings is 2. The number of carbonyl (C=O) groups excluding carboxylic acids is 1. The van der Waals surface area contributed by atoms with Gasteiger partial charge in [-0.1, -0.05) is 28.6 Å². The van der Waals surface area contributed by atoms with Crippen molar-refractivity contribution in [2.45, 2.75) is 6.61 Å². The fourth-order valence-electron chi connectivity index (χ4n) is 2.04. The van der Waals surface area contributed by atoms with Gasteiger partial charge in [-0.3, -0.25) is 4.79 Å². The predicted octanol–water partition coefficient (Wildman–Crippen LogP) is 2.75. The van der Waals surface area contributed by atoms with Gasteiger partial charge in [-0.25, -0.2) is 0 Å². The Labute approximate surface area is 145 Å². The van der Waals surface area contributed by atoms with Crippen LogP contribution in [0.2, 0.25) is 5.02 Å². The summed E-state index contributed by atoms with van der Waals surface area (Å²) in [5.41, 5.74) is 1.13. The van der Waals surface area contributed by atoms with Gasteiger partial charge in [-0.15, -0.1) is 5.10 Å². The summed E-state index contributed by atoms with van der Waals surface area (Å²) < 4.78 is 29.1. The summed E-state index contributed by atoms with van der Waals surface area (Å²) in [4.78, 5) is 18.3. The van der Waals surface area contributed by atoms with E-state index in [0.717, 1.165) is 4.85 Å². The first-order chi connectivity index (χ1) is 12.0. The predicted molar refractivity (Wildman–Crippen MR) is 85.7 cm³/mol. The number of aromatic nitrogens is 3. The lowest BCUT2D eigenvalue weighted by Crippen LogP contribution is -2.26. The van der Waals surface area contributed by atoms with E-state index in [4.69, 9.17) is 16.4 Å². The van der Waals surface area contributed by atoms with E-state index in [1.165, 1.54) is 18.2 Å². The Balaban J connectivity index is 1.66. The molecule has 0 fully saturated rings. The molecule has 10 heteroatoms. The van der Waals surface area contributed by atoms with Gasteiger partial charge in [0.15, 0.2) is 6.61 Å². The van der Waals surface area contributed by atoms with Crippen LogP contribution in [-0.4, -0.2) is 34.3 Å². The van der Waals surface area contributed by atoms with Gasteiger partial charge in [0.2, 0.25) is 0 Å². The smallest absolute Gasteiger partial charge is 0.387 e. The molecule has 3 aromatic rings. The third-order valence-electron chi connectivity index (χ3n) is 3.07. The largest absolute Gasteiger partial charge is 0.433 e. The van der Waals surface area contributed by atoms with E-state index in [-0.39, 0.29) is 11.4 Å². The number of hydrogen-bond donors (Lipinski definition) is 1. The molecular weight excluding hydrogens is 358 g/mol. The summed E-state index contributed by atoms with van der Waals surface area (Å²) in [6.07, 6.45) is 0. The topological polar surface area (TPSA) is 78.3 Å². The van der Waals surface area contributed by atoms with Crippen LogP contribution in [0.1, 0.15) is 0 Å². The average molecular weight is 369 g/mol. The minimum Gasteiger partial charge on any atom is -0.433 e. The SMILES string of the molecule is O=C(COn1nnc2ccc(Cl)cc21)Nc1ccccc1OC(F)F. The number of nitrogens with one attached hydrogen (secondary N) is 1. The van der Waals surface area contributed by atoms with Crippen LogP contribution in [0.25, 0.3) is 11.0 Å². The van der Waals surface area contributed by atoms with Crippen LogP contribution in [0.5, 0.6) is 5.75 Å². The molecule has 0 radical (unpaired) electrons. The number of carbonyl (C=O) groups is 1. The number of alkyl halides is 2. The first-order valence-electron chi connectivity index (χ1n) is 7.01. The van der Waals surface area contributed by atoms with Crippen molar-refractivity contribution in [2.75, 3.05) is 11.9 Å². The van der Waals surface area contributed by atoms with Gasteiger partial charge >= 0.3 is 6.61 Å². The van der Waals surface area contributed by atoms with E-state index in [2.05, 4.69) is 20.4 Å². The molecule has 130 valence electrons. The maximum absolute atomic E-state index is 12.4. The van der Waals surface area contributed by atoms with Crippen molar-refractivity contribution in [3.05, 3.63) is 47.5 Å². The molecule has 0 aliphatic rings. The van der Waals surface area contributed by atoms with E-state index in [0.29, 0.717) is 16.1 Å². The van der Waals surface area contributed by atoms with Crippen molar-refractivity contribution in [1.82, 2.24) is 15.2 Å². The highest BCUT2D eigenvalue weighted by molar-refractivity contribution is 6.31. The number of nitrogens with zero attached hydrogens (tertiary/aromatic N) is 3. The van der Waals surface area contributed by atoms with E-state index in [9.17, 15) is 13.6 Å². The van der Waals surface area contributed by atoms with Crippen molar-refractivity contribution < 1.29 is 23.1 Å². The summed E-state index contributed by atoms with van der Waals surface area (Å²) in [6.45, 7) is -3.42. The highest BCUT2D eigenvalue weighted by Gasteiger charge is 2.13. The molecule has 25 heavy (non-hydrogen) atoms. The number of rotatable bonds is 6. The Kier molecular flexibility index (Phi) is 4.94. The molecule has 0 saturated carbocycles. The molecule has 7 nitrogen and oxygen atoms in total. The number of halogens is 3. The van der Waals surface area contributed by atoms with E-state index < -0.39 is 19.1 Å². The third-order valence-corrected chi connectivity index (χ3v) is 3.31. The van der Waals surface area contributed by atoms with Crippen molar-refractivity contribution >= 4 is 34.2 Å². The maximum atomic E-state index is 12.4. The summed E-state index contributed by atoms with van der Waals surface area (Å²) in [6, 6.07) is 10.7. The van der Waals surface area contributed by atoms with Crippen LogP contribution in [-0.2, 0) is 4.79 Å². The van der Waals surface area contributed by atoms with Gasteiger partial charge < -0.3 is 14.9 Å². The zero-order chi connectivity index (χ0) is 17.8. The van der Waals surface area contributed by atoms with E-state index >= 15 is 0 Å². The monoisotopic (exact) mass is 368 g/mol. The fraction of sp³-hybridized carbons (Fsp3) is 0.133. The first kappa shape index (κ1) is 16.9. The van der Waals surface area contributed by atoms with E-state index in [1.54, 1.807) is 24.3 Å². The Morgan fingerprint density at radius 2 is 2.08 bits per heavy atom. The number of amides is 1. The molecular formula is C15H11ClF2N4O3. The molecule has 1 N–H and O–H groups in total. The molecule has 0 spiro atoms. The Hall–Kier alpha value is -2.94. The number of hydrogen-bond acceptors (Lipinski definition) is 5. The quantitative estimate of drug-likeness (QED) is 0.724. The second-order valence-electron chi connectivity index (χ2n) is 4.79. The molecule has 0 aliphatic heterocycles. The van der Waals surface area contributed by atoms with Gasteiger partial charge in [0.25, 0.3) is 5.91 Å². The minimum atomic E-state index is -3.00. The zero-order valence-electron chi connectivity index (χ0n) is 12.5. The first-order valence-corrected chi connectivity index (χ1v) is 7.38. The summed E-state index contributed by atoms with van der Waals surface area (Å²) >= 11 is 5.90. The number of para-hydroxylation sites is 2. The van der Waals surface area contributed by atoms with Crippen molar-refractivity contribution in [3.63, 3.8) is 0 Å². The number of ether oxygens (including phenoxy) is 1. The summed E-state index contributed by atoms with van der Waals surface area (Å²) in [5.74, 6) is -0.736. The van der Waals surface area contributed by atoms with E-state index in [1.807, 2.05) is 0 Å². The van der Waals surface area contributed by atoms with Crippen LogP contribution in [0.3, 0.4) is 0 Å². The fourth-order valence-corrected chi connectivity index (χ4v) is 2.21. The zero-order valence-corrected chi connectivity index (χ0v) is 13.3. The second-order valence-corrected chi connectivity index (χ2v) is 5.23. The number of fused-ring (bicyclic) bond motifs is 1. The molecule has 0 unspecified atom stereocenters. The Morgan fingerprint density at radius 1 is 1.28 bits per heavy atom. The molecule has 0 bridgehead atoms. The van der Waals surface area contributed by atoms with Crippen molar-refractivity contribution in [2.24, 2.45) is 0 Å². The Morgan fingerprint density at radius 3 is 2.88 bits per heavy atom. The van der Waals surface area contributed by atoms with Crippen LogP contribution in [0.15, 0.2) is 42.5 Å². The average Bonchev–Trinajstić information content (AvgIpc) is 2.96. The summed E-state index contributed by atoms with van der Waals surface area (Å²) in [7, 11) is 0. The van der Waals surface area contributed by atoms with Crippen molar-refractivity contribution in [1.29, 1.82) is 0 Å². The molecule has 0 saturated heterocycles. The highest BCUT2D eigenvalue weighted by Crippen LogP contribution is 2.25. The van der Waals surface area contributed by atoms with Gasteiger partial charge in [-0.05, 0) is 35.5 Å². The van der Waals surface area contributed by atoms with Gasteiger partial charge in [0.05, 0.1) is 5.69 Å². The van der Waals surface area contributed by atoms with Crippen LogP contribution in [0, 0.1) is 0 Å². The lowest BCUT2D eigenvalue weighted by molar-refractivity contribution is -0.121. The number of anilines is 1. The standard InChI is InChI=1S/C15H11ClF2N4O3/c16-9-5-6-10-12(7-9)22(21-20-10)24-8-14(23)19-11-3-1-2-4-13(11)25-15(17)18/h1-7,15H,8H2,(H,19,23). The molecule has 1 aromatic heterocycles. The summed E-state index contributed by atoms with van der Waals surface area (Å²) in [5, 5.41) is 10.5. The Bertz CT molecular complexity index is 903. The lowest BCUT2D eigenvalue weighted by atomic mass is 10.3. The minimum absolute atomic E-state index is 0.0999.